The van der Waals surface area contributed by atoms with E-state index in [9.17, 15) is 9.59 Å². The molecule has 64 heavy (non-hydrogen) atoms. The minimum Gasteiger partial charge on any atom is -0.462 e. The molecule has 0 aliphatic rings. The van der Waals surface area contributed by atoms with Crippen molar-refractivity contribution in [2.45, 2.75) is 207 Å². The molecule has 0 aliphatic heterocycles. The Kier molecular flexibility index (Phi) is 50.1. The minimum absolute atomic E-state index is 0.0200. The molecule has 0 rings (SSSR count). The summed E-state index contributed by atoms with van der Waals surface area (Å²) >= 11 is 0. The third kappa shape index (κ3) is 50.7. The van der Waals surface area contributed by atoms with Crippen LogP contribution in [0.3, 0.4) is 0 Å². The predicted octanol–water partition coefficient (Wildman–Crippen LogP) is 17.6. The van der Waals surface area contributed by atoms with Gasteiger partial charge >= 0.3 is 11.9 Å². The summed E-state index contributed by atoms with van der Waals surface area (Å²) in [5, 5.41) is 0. The Morgan fingerprint density at radius 2 is 0.734 bits per heavy atom. The lowest BCUT2D eigenvalue weighted by molar-refractivity contribution is -0.162. The molecule has 0 aromatic heterocycles. The predicted molar refractivity (Wildman–Crippen MR) is 278 cm³/mol. The molecule has 5 nitrogen and oxygen atoms in total. The average Bonchev–Trinajstić information content (AvgIpc) is 3.30. The molecule has 360 valence electrons. The number of rotatable bonds is 45. The van der Waals surface area contributed by atoms with Crippen molar-refractivity contribution in [1.82, 2.24) is 0 Å². The molecule has 0 saturated carbocycles. The molecular formula is C59H94O5. The largest absolute Gasteiger partial charge is 0.462 e. The quantitative estimate of drug-likeness (QED) is 0.0346. The van der Waals surface area contributed by atoms with Crippen LogP contribution in [0.5, 0.6) is 0 Å². The lowest BCUT2D eigenvalue weighted by Gasteiger charge is -2.18. The minimum atomic E-state index is -0.597. The van der Waals surface area contributed by atoms with Gasteiger partial charge in [-0.05, 0) is 122 Å². The van der Waals surface area contributed by atoms with E-state index in [1.807, 2.05) is 6.08 Å². The van der Waals surface area contributed by atoms with E-state index >= 15 is 0 Å². The van der Waals surface area contributed by atoms with Gasteiger partial charge in [0, 0.05) is 19.4 Å². The first-order valence-electron chi connectivity index (χ1n) is 25.7. The van der Waals surface area contributed by atoms with Crippen molar-refractivity contribution in [2.24, 2.45) is 0 Å². The number of allylic oxidation sites excluding steroid dienone is 22. The molecule has 0 fully saturated rings. The van der Waals surface area contributed by atoms with Crippen molar-refractivity contribution in [3.63, 3.8) is 0 Å². The topological polar surface area (TPSA) is 61.8 Å². The van der Waals surface area contributed by atoms with Crippen molar-refractivity contribution in [2.75, 3.05) is 19.8 Å². The summed E-state index contributed by atoms with van der Waals surface area (Å²) < 4.78 is 17.3. The van der Waals surface area contributed by atoms with E-state index in [-0.39, 0.29) is 31.6 Å². The van der Waals surface area contributed by atoms with Gasteiger partial charge in [-0.25, -0.2) is 0 Å². The smallest absolute Gasteiger partial charge is 0.306 e. The molecule has 0 N–H and O–H groups in total. The van der Waals surface area contributed by atoms with Crippen LogP contribution in [0.1, 0.15) is 201 Å². The second kappa shape index (κ2) is 53.4. The van der Waals surface area contributed by atoms with Crippen molar-refractivity contribution in [3.8, 4) is 0 Å². The maximum absolute atomic E-state index is 12.8. The van der Waals surface area contributed by atoms with E-state index in [0.717, 1.165) is 109 Å². The Labute approximate surface area is 394 Å². The molecule has 0 bridgehead atoms. The van der Waals surface area contributed by atoms with Crippen molar-refractivity contribution in [3.05, 3.63) is 134 Å². The fourth-order valence-corrected chi connectivity index (χ4v) is 6.40. The summed E-state index contributed by atoms with van der Waals surface area (Å²) in [7, 11) is 0. The monoisotopic (exact) mass is 883 g/mol. The number of esters is 2. The third-order valence-corrected chi connectivity index (χ3v) is 10.2. The molecule has 0 amide bonds. The Morgan fingerprint density at radius 3 is 1.19 bits per heavy atom. The highest BCUT2D eigenvalue weighted by molar-refractivity contribution is 5.70. The van der Waals surface area contributed by atoms with Gasteiger partial charge in [0.15, 0.2) is 6.10 Å². The van der Waals surface area contributed by atoms with Gasteiger partial charge in [-0.1, -0.05) is 199 Å². The van der Waals surface area contributed by atoms with Crippen LogP contribution in [0, 0.1) is 0 Å². The van der Waals surface area contributed by atoms with Crippen LogP contribution in [-0.2, 0) is 23.8 Å². The molecule has 0 aliphatic carbocycles. The molecule has 0 aromatic rings. The van der Waals surface area contributed by atoms with Crippen LogP contribution < -0.4 is 0 Å². The second-order valence-electron chi connectivity index (χ2n) is 16.3. The molecule has 1 unspecified atom stereocenters. The summed E-state index contributed by atoms with van der Waals surface area (Å²) in [6, 6.07) is 0. The first-order chi connectivity index (χ1) is 31.6. The van der Waals surface area contributed by atoms with Crippen molar-refractivity contribution < 1.29 is 23.8 Å². The maximum Gasteiger partial charge on any atom is 0.306 e. The number of unbranched alkanes of at least 4 members (excludes halogenated alkanes) is 12. The SMILES string of the molecule is CC/C=C\C/C=C\C/C=C\C/C=C\C/C=C\C/C=C\CCC(=O)OCC(COCCCCCCCC/C=C\C/C=C\CCCCC)OC(=O)CCCCC/C=C\C/C=C\C/C=C\CC. The summed E-state index contributed by atoms with van der Waals surface area (Å²) in [4.78, 5) is 25.4. The molecule has 5 heteroatoms. The molecule has 0 spiro atoms. The average molecular weight is 883 g/mol. The third-order valence-electron chi connectivity index (χ3n) is 10.2. The Morgan fingerprint density at radius 1 is 0.359 bits per heavy atom. The second-order valence-corrected chi connectivity index (χ2v) is 16.3. The molecule has 0 saturated heterocycles. The lowest BCUT2D eigenvalue weighted by atomic mass is 10.1. The first kappa shape index (κ1) is 60.0. The van der Waals surface area contributed by atoms with Crippen LogP contribution in [0.25, 0.3) is 0 Å². The van der Waals surface area contributed by atoms with Gasteiger partial charge in [0.2, 0.25) is 0 Å². The molecule has 0 heterocycles. The van der Waals surface area contributed by atoms with E-state index < -0.39 is 6.10 Å². The lowest BCUT2D eigenvalue weighted by Crippen LogP contribution is -2.30. The molecular weight excluding hydrogens is 789 g/mol. The zero-order chi connectivity index (χ0) is 46.3. The Hall–Kier alpha value is -3.96. The van der Waals surface area contributed by atoms with Crippen molar-refractivity contribution >= 4 is 11.9 Å². The number of carbonyl (C=O) groups excluding carboxylic acids is 2. The number of hydrogen-bond donors (Lipinski definition) is 0. The van der Waals surface area contributed by atoms with Crippen LogP contribution in [0.2, 0.25) is 0 Å². The zero-order valence-corrected chi connectivity index (χ0v) is 41.2. The van der Waals surface area contributed by atoms with E-state index in [1.165, 1.54) is 51.4 Å². The Balaban J connectivity index is 4.47. The van der Waals surface area contributed by atoms with Gasteiger partial charge in [0.05, 0.1) is 6.61 Å². The molecule has 1 atom stereocenters. The van der Waals surface area contributed by atoms with Gasteiger partial charge in [-0.2, -0.15) is 0 Å². The summed E-state index contributed by atoms with van der Waals surface area (Å²) in [5.41, 5.74) is 0. The van der Waals surface area contributed by atoms with Gasteiger partial charge in [-0.3, -0.25) is 9.59 Å². The summed E-state index contributed by atoms with van der Waals surface area (Å²) in [6.45, 7) is 7.42. The van der Waals surface area contributed by atoms with Crippen molar-refractivity contribution in [1.29, 1.82) is 0 Å². The van der Waals surface area contributed by atoms with Gasteiger partial charge in [0.25, 0.3) is 0 Å². The Bertz CT molecular complexity index is 1370. The van der Waals surface area contributed by atoms with Crippen LogP contribution >= 0.6 is 0 Å². The van der Waals surface area contributed by atoms with Crippen LogP contribution in [0.15, 0.2) is 134 Å². The number of carbonyl (C=O) groups is 2. The number of ether oxygens (including phenoxy) is 3. The number of hydrogen-bond acceptors (Lipinski definition) is 5. The van der Waals surface area contributed by atoms with E-state index in [2.05, 4.69) is 148 Å². The highest BCUT2D eigenvalue weighted by atomic mass is 16.6. The highest BCUT2D eigenvalue weighted by Crippen LogP contribution is 2.11. The summed E-state index contributed by atoms with van der Waals surface area (Å²) in [6.07, 6.45) is 76.2. The molecule has 0 radical (unpaired) electrons. The zero-order valence-electron chi connectivity index (χ0n) is 41.2. The first-order valence-corrected chi connectivity index (χ1v) is 25.7. The summed E-state index contributed by atoms with van der Waals surface area (Å²) in [5.74, 6) is -0.545. The normalized spacial score (nSPS) is 13.4. The standard InChI is InChI=1S/C59H94O5/c1-4-7-10-13-16-19-22-25-27-29-30-31-32-35-37-40-43-46-49-52-58(60)63-56-57(64-59(61)53-50-47-44-41-38-34-24-21-18-15-12-9-6-3)55-62-54-51-48-45-42-39-36-33-28-26-23-20-17-14-11-8-5-2/h7,9-10,12,16-21,25-28,30-31,34-35,37-38,43,46,57H,4-6,8,11,13-15,22-24,29,32-33,36,39-42,44-45,47-56H2,1-3H3/b10-7-,12-9-,19-16-,20-17-,21-18-,27-25-,28-26-,31-30-,37-35-,38-34-,46-43-. The van der Waals surface area contributed by atoms with Gasteiger partial charge in [-0.15, -0.1) is 0 Å². The van der Waals surface area contributed by atoms with E-state index in [4.69, 9.17) is 14.2 Å². The highest BCUT2D eigenvalue weighted by Gasteiger charge is 2.17. The maximum atomic E-state index is 12.8. The molecule has 0 aromatic carbocycles. The van der Waals surface area contributed by atoms with Gasteiger partial charge < -0.3 is 14.2 Å². The van der Waals surface area contributed by atoms with E-state index in [0.29, 0.717) is 19.4 Å². The van der Waals surface area contributed by atoms with Gasteiger partial charge in [0.1, 0.15) is 6.61 Å². The van der Waals surface area contributed by atoms with Crippen LogP contribution in [-0.4, -0.2) is 37.9 Å². The fourth-order valence-electron chi connectivity index (χ4n) is 6.40. The van der Waals surface area contributed by atoms with Crippen LogP contribution in [0.4, 0.5) is 0 Å². The van der Waals surface area contributed by atoms with E-state index in [1.54, 1.807) is 0 Å². The fraction of sp³-hybridized carbons (Fsp3) is 0.593.